The summed E-state index contributed by atoms with van der Waals surface area (Å²) in [6.45, 7) is 4.96. The van der Waals surface area contributed by atoms with E-state index >= 15 is 0 Å². The Morgan fingerprint density at radius 2 is 1.96 bits per heavy atom. The van der Waals surface area contributed by atoms with E-state index in [1.165, 1.54) is 0 Å². The lowest BCUT2D eigenvalue weighted by Gasteiger charge is -2.45. The Kier molecular flexibility index (Phi) is 4.42. The summed E-state index contributed by atoms with van der Waals surface area (Å²) in [6.07, 6.45) is 2.39. The van der Waals surface area contributed by atoms with Gasteiger partial charge >= 0.3 is 0 Å². The normalized spacial score (nSPS) is 32.3. The third-order valence-electron chi connectivity index (χ3n) is 5.96. The molecule has 1 spiro atoms. The predicted octanol–water partition coefficient (Wildman–Crippen LogP) is 1.42. The molecule has 2 saturated heterocycles. The van der Waals surface area contributed by atoms with Gasteiger partial charge in [0.05, 0.1) is 27.6 Å². The maximum atomic E-state index is 13.2. The van der Waals surface area contributed by atoms with Crippen LogP contribution < -0.4 is 0 Å². The summed E-state index contributed by atoms with van der Waals surface area (Å²) in [5.74, 6) is 0.833. The van der Waals surface area contributed by atoms with Crippen molar-refractivity contribution in [1.29, 1.82) is 0 Å². The molecule has 1 saturated carbocycles. The highest BCUT2D eigenvalue weighted by Gasteiger charge is 2.55. The Hall–Kier alpha value is -1.74. The van der Waals surface area contributed by atoms with Gasteiger partial charge in [-0.15, -0.1) is 0 Å². The van der Waals surface area contributed by atoms with Crippen LogP contribution in [0.1, 0.15) is 44.1 Å². The van der Waals surface area contributed by atoms with E-state index in [0.717, 1.165) is 5.69 Å². The molecule has 2 aliphatic heterocycles. The Bertz CT molecular complexity index is 881. The molecule has 3 fully saturated rings. The number of hydrogen-bond acceptors (Lipinski definition) is 6. The summed E-state index contributed by atoms with van der Waals surface area (Å²) in [7, 11) is -2.62. The monoisotopic (exact) mass is 395 g/mol. The lowest BCUT2D eigenvalue weighted by atomic mass is 9.94. The van der Waals surface area contributed by atoms with E-state index in [-0.39, 0.29) is 11.8 Å². The van der Waals surface area contributed by atoms with Gasteiger partial charge in [0, 0.05) is 37.6 Å². The predicted molar refractivity (Wildman–Crippen MR) is 97.6 cm³/mol. The number of morpholine rings is 1. The third kappa shape index (κ3) is 3.42. The number of carbonyl (C=O) groups is 2. The van der Waals surface area contributed by atoms with Gasteiger partial charge in [0.25, 0.3) is 5.91 Å². The van der Waals surface area contributed by atoms with Crippen molar-refractivity contribution in [3.8, 4) is 0 Å². The molecule has 2 amide bonds. The standard InChI is InChI=1S/C18H25N3O5S/c1-13-11-15(26-19-13)18(3-4-18)16(23)20-27(24)9-5-17(6-10-27)12-21(14(2)22)7-8-25-17/h11H,3-10,12H2,1-2H3. The molecule has 0 aromatic carbocycles. The van der Waals surface area contributed by atoms with E-state index in [4.69, 9.17) is 9.26 Å². The SMILES string of the molecule is CC(=O)N1CCOC2(CCS(=O)(=NC(=O)C3(c4cc(C)no4)CC3)CC2)C1. The number of aromatic nitrogens is 1. The van der Waals surface area contributed by atoms with Gasteiger partial charge in [-0.1, -0.05) is 5.16 Å². The molecule has 0 N–H and O–H groups in total. The van der Waals surface area contributed by atoms with Crippen LogP contribution in [0.5, 0.6) is 0 Å². The minimum atomic E-state index is -2.62. The van der Waals surface area contributed by atoms with Gasteiger partial charge in [-0.05, 0) is 32.6 Å². The zero-order valence-electron chi connectivity index (χ0n) is 15.7. The number of amides is 2. The number of hydrogen-bond donors (Lipinski definition) is 0. The van der Waals surface area contributed by atoms with Crippen molar-refractivity contribution in [2.45, 2.75) is 50.5 Å². The molecule has 148 valence electrons. The maximum absolute atomic E-state index is 13.2. The van der Waals surface area contributed by atoms with E-state index in [9.17, 15) is 13.8 Å². The van der Waals surface area contributed by atoms with E-state index in [1.807, 2.05) is 0 Å². The molecule has 8 nitrogen and oxygen atoms in total. The molecule has 1 aromatic heterocycles. The van der Waals surface area contributed by atoms with Gasteiger partial charge in [-0.25, -0.2) is 4.21 Å². The molecule has 9 heteroatoms. The number of nitrogens with zero attached hydrogens (tertiary/aromatic N) is 3. The Morgan fingerprint density at radius 3 is 2.52 bits per heavy atom. The summed E-state index contributed by atoms with van der Waals surface area (Å²) >= 11 is 0. The van der Waals surface area contributed by atoms with Crippen LogP contribution in [0.25, 0.3) is 0 Å². The maximum Gasteiger partial charge on any atom is 0.267 e. The van der Waals surface area contributed by atoms with Crippen molar-refractivity contribution in [2.24, 2.45) is 4.36 Å². The van der Waals surface area contributed by atoms with Crippen LogP contribution in [0, 0.1) is 6.92 Å². The number of aryl methyl sites for hydroxylation is 1. The topological polar surface area (TPSA) is 102 Å². The van der Waals surface area contributed by atoms with Gasteiger partial charge in [0.1, 0.15) is 5.41 Å². The number of ether oxygens (including phenoxy) is 1. The minimum Gasteiger partial charge on any atom is -0.371 e. The first-order valence-corrected chi connectivity index (χ1v) is 11.2. The van der Waals surface area contributed by atoms with Gasteiger partial charge in [0.2, 0.25) is 5.91 Å². The summed E-state index contributed by atoms with van der Waals surface area (Å²) in [6, 6.07) is 1.76. The first-order chi connectivity index (χ1) is 12.8. The van der Waals surface area contributed by atoms with Crippen LogP contribution >= 0.6 is 0 Å². The zero-order valence-corrected chi connectivity index (χ0v) is 16.5. The summed E-state index contributed by atoms with van der Waals surface area (Å²) in [4.78, 5) is 26.3. The molecule has 1 aromatic rings. The Labute approximate surface area is 158 Å². The molecular weight excluding hydrogens is 370 g/mol. The van der Waals surface area contributed by atoms with Gasteiger partial charge in [0.15, 0.2) is 5.76 Å². The first kappa shape index (κ1) is 18.6. The fourth-order valence-corrected chi connectivity index (χ4v) is 6.19. The van der Waals surface area contributed by atoms with Crippen LogP contribution in [0.15, 0.2) is 15.0 Å². The van der Waals surface area contributed by atoms with E-state index in [0.29, 0.717) is 62.6 Å². The van der Waals surface area contributed by atoms with Crippen molar-refractivity contribution >= 4 is 21.5 Å². The van der Waals surface area contributed by atoms with Crippen LogP contribution in [-0.4, -0.2) is 62.9 Å². The highest BCUT2D eigenvalue weighted by Crippen LogP contribution is 2.50. The van der Waals surface area contributed by atoms with E-state index in [1.54, 1.807) is 24.8 Å². The molecular formula is C18H25N3O5S. The molecule has 0 radical (unpaired) electrons. The zero-order chi connectivity index (χ0) is 19.3. The quantitative estimate of drug-likeness (QED) is 0.750. The highest BCUT2D eigenvalue weighted by atomic mass is 32.2. The van der Waals surface area contributed by atoms with Crippen molar-refractivity contribution in [2.75, 3.05) is 31.2 Å². The van der Waals surface area contributed by atoms with Crippen molar-refractivity contribution < 1.29 is 23.1 Å². The Morgan fingerprint density at radius 1 is 1.26 bits per heavy atom. The first-order valence-electron chi connectivity index (χ1n) is 9.36. The summed E-state index contributed by atoms with van der Waals surface area (Å²) in [5.41, 5.74) is -0.506. The minimum absolute atomic E-state index is 0.0295. The highest BCUT2D eigenvalue weighted by molar-refractivity contribution is 7.93. The lowest BCUT2D eigenvalue weighted by Crippen LogP contribution is -2.56. The molecule has 0 bridgehead atoms. The second-order valence-corrected chi connectivity index (χ2v) is 10.5. The van der Waals surface area contributed by atoms with Crippen LogP contribution in [0.4, 0.5) is 0 Å². The van der Waals surface area contributed by atoms with Crippen molar-refractivity contribution in [3.05, 3.63) is 17.5 Å². The van der Waals surface area contributed by atoms with Gasteiger partial charge in [-0.2, -0.15) is 4.36 Å². The van der Waals surface area contributed by atoms with E-state index in [2.05, 4.69) is 9.52 Å². The molecule has 0 atom stereocenters. The van der Waals surface area contributed by atoms with E-state index < -0.39 is 20.7 Å². The molecule has 3 aliphatic rings. The Balaban J connectivity index is 1.48. The fraction of sp³-hybridized carbons (Fsp3) is 0.722. The number of carbonyl (C=O) groups excluding carboxylic acids is 2. The van der Waals surface area contributed by atoms with Crippen LogP contribution in [0.3, 0.4) is 0 Å². The van der Waals surface area contributed by atoms with Crippen LogP contribution in [0.2, 0.25) is 0 Å². The average molecular weight is 395 g/mol. The molecule has 0 unspecified atom stereocenters. The summed E-state index contributed by atoms with van der Waals surface area (Å²) in [5, 5.41) is 3.86. The summed E-state index contributed by atoms with van der Waals surface area (Å²) < 4.78 is 28.6. The molecule has 4 rings (SSSR count). The third-order valence-corrected chi connectivity index (χ3v) is 8.14. The lowest BCUT2D eigenvalue weighted by molar-refractivity contribution is -0.150. The number of rotatable bonds is 2. The average Bonchev–Trinajstić information content (AvgIpc) is 3.34. The van der Waals surface area contributed by atoms with Crippen molar-refractivity contribution in [1.82, 2.24) is 10.1 Å². The second kappa shape index (κ2) is 6.41. The fourth-order valence-electron chi connectivity index (χ4n) is 3.94. The smallest absolute Gasteiger partial charge is 0.267 e. The molecule has 27 heavy (non-hydrogen) atoms. The molecule has 3 heterocycles. The molecule has 1 aliphatic carbocycles. The van der Waals surface area contributed by atoms with Crippen molar-refractivity contribution in [3.63, 3.8) is 0 Å². The van der Waals surface area contributed by atoms with Crippen LogP contribution in [-0.2, 0) is 29.5 Å². The van der Waals surface area contributed by atoms with Gasteiger partial charge in [-0.3, -0.25) is 9.59 Å². The van der Waals surface area contributed by atoms with Gasteiger partial charge < -0.3 is 14.2 Å². The second-order valence-electron chi connectivity index (χ2n) is 7.96. The largest absolute Gasteiger partial charge is 0.371 e.